The van der Waals surface area contributed by atoms with E-state index in [0.717, 1.165) is 11.3 Å². The topological polar surface area (TPSA) is 54.5 Å². The highest BCUT2D eigenvalue weighted by Gasteiger charge is 2.16. The minimum absolute atomic E-state index is 0.282. The first kappa shape index (κ1) is 20.6. The van der Waals surface area contributed by atoms with Crippen molar-refractivity contribution in [1.82, 2.24) is 4.98 Å². The molecule has 0 atom stereocenters. The van der Waals surface area contributed by atoms with E-state index in [4.69, 9.17) is 16.3 Å². The predicted octanol–water partition coefficient (Wildman–Crippen LogP) is 5.35. The molecule has 0 saturated heterocycles. The van der Waals surface area contributed by atoms with E-state index in [1.807, 2.05) is 31.2 Å². The number of ether oxygens (including phenoxy) is 1. The zero-order valence-corrected chi connectivity index (χ0v) is 16.9. The molecule has 1 aromatic heterocycles. The summed E-state index contributed by atoms with van der Waals surface area (Å²) in [5.41, 5.74) is 2.47. The second-order valence-electron chi connectivity index (χ2n) is 6.31. The molecule has 0 unspecified atom stereocenters. The van der Waals surface area contributed by atoms with Gasteiger partial charge in [-0.05, 0) is 53.9 Å². The van der Waals surface area contributed by atoms with Gasteiger partial charge >= 0.3 is 0 Å². The van der Waals surface area contributed by atoms with Crippen LogP contribution < -0.4 is 15.0 Å². The van der Waals surface area contributed by atoms with E-state index in [1.54, 1.807) is 31.4 Å². The van der Waals surface area contributed by atoms with Crippen LogP contribution in [-0.4, -0.2) is 18.5 Å². The third kappa shape index (κ3) is 4.84. The number of pyridine rings is 1. The lowest BCUT2D eigenvalue weighted by atomic mass is 10.1. The number of carbonyl (C=O) groups is 1. The van der Waals surface area contributed by atoms with E-state index >= 15 is 0 Å². The summed E-state index contributed by atoms with van der Waals surface area (Å²) in [6.45, 7) is 2.33. The van der Waals surface area contributed by atoms with Crippen LogP contribution in [0.5, 0.6) is 5.75 Å². The number of hydrogen-bond donors (Lipinski definition) is 1. The Labute approximate surface area is 174 Å². The molecule has 150 valence electrons. The van der Waals surface area contributed by atoms with E-state index in [9.17, 15) is 9.18 Å². The molecule has 0 aliphatic heterocycles. The Hall–Kier alpha value is -3.12. The Morgan fingerprint density at radius 1 is 1.17 bits per heavy atom. The van der Waals surface area contributed by atoms with E-state index < -0.39 is 0 Å². The number of rotatable bonds is 8. The molecule has 2 aromatic carbocycles. The van der Waals surface area contributed by atoms with Gasteiger partial charge in [-0.15, -0.1) is 0 Å². The number of carbonyl (C=O) groups excluding carboxylic acids is 1. The van der Waals surface area contributed by atoms with Crippen LogP contribution in [-0.2, 0) is 17.8 Å². The van der Waals surface area contributed by atoms with Crippen molar-refractivity contribution in [1.29, 1.82) is 0 Å². The van der Waals surface area contributed by atoms with Crippen LogP contribution in [0.15, 0.2) is 54.6 Å². The highest BCUT2D eigenvalue weighted by Crippen LogP contribution is 2.32. The third-order valence-electron chi connectivity index (χ3n) is 4.52. The fourth-order valence-electron chi connectivity index (χ4n) is 2.91. The first-order valence-corrected chi connectivity index (χ1v) is 9.49. The monoisotopic (exact) mass is 413 g/mol. The molecule has 0 fully saturated rings. The molecular formula is C22H21ClFN3O2. The Morgan fingerprint density at radius 3 is 2.55 bits per heavy atom. The Bertz CT molecular complexity index is 996. The first-order valence-electron chi connectivity index (χ1n) is 9.12. The van der Waals surface area contributed by atoms with Gasteiger partial charge in [0.1, 0.15) is 16.7 Å². The number of halogens is 2. The molecule has 0 radical (unpaired) electrons. The van der Waals surface area contributed by atoms with Gasteiger partial charge in [0, 0.05) is 6.54 Å². The maximum absolute atomic E-state index is 14.3. The Kier molecular flexibility index (Phi) is 6.67. The SMILES string of the molecule is CCc1ccc(N(C=O)c2ccc(Cl)nc2NCc2ccc(OC)cc2)cc1F. The largest absolute Gasteiger partial charge is 0.497 e. The van der Waals surface area contributed by atoms with Gasteiger partial charge in [0.15, 0.2) is 5.82 Å². The summed E-state index contributed by atoms with van der Waals surface area (Å²) < 4.78 is 19.4. The zero-order valence-electron chi connectivity index (χ0n) is 16.2. The van der Waals surface area contributed by atoms with Crippen molar-refractivity contribution in [2.24, 2.45) is 0 Å². The van der Waals surface area contributed by atoms with Crippen LogP contribution >= 0.6 is 11.6 Å². The van der Waals surface area contributed by atoms with Gasteiger partial charge < -0.3 is 10.1 Å². The molecule has 0 aliphatic rings. The smallest absolute Gasteiger partial charge is 0.218 e. The average Bonchev–Trinajstić information content (AvgIpc) is 2.74. The van der Waals surface area contributed by atoms with Crippen molar-refractivity contribution in [3.8, 4) is 5.75 Å². The lowest BCUT2D eigenvalue weighted by molar-refractivity contribution is -0.106. The second-order valence-corrected chi connectivity index (χ2v) is 6.70. The standard InChI is InChI=1S/C22H21ClFN3O2/c1-3-16-6-7-17(12-19(16)24)27(14-28)20-10-11-21(23)26-22(20)25-13-15-4-8-18(29-2)9-5-15/h4-12,14H,3,13H2,1-2H3,(H,25,26). The fraction of sp³-hybridized carbons (Fsp3) is 0.182. The Balaban J connectivity index is 1.89. The molecule has 3 rings (SSSR count). The van der Waals surface area contributed by atoms with Gasteiger partial charge in [-0.25, -0.2) is 9.37 Å². The quantitative estimate of drug-likeness (QED) is 0.399. The number of hydrogen-bond acceptors (Lipinski definition) is 4. The maximum Gasteiger partial charge on any atom is 0.218 e. The molecule has 1 amide bonds. The molecule has 0 spiro atoms. The van der Waals surface area contributed by atoms with Gasteiger partial charge in [0.2, 0.25) is 6.41 Å². The fourth-order valence-corrected chi connectivity index (χ4v) is 3.06. The average molecular weight is 414 g/mol. The van der Waals surface area contributed by atoms with Crippen molar-refractivity contribution in [3.63, 3.8) is 0 Å². The van der Waals surface area contributed by atoms with Gasteiger partial charge in [-0.2, -0.15) is 0 Å². The molecular weight excluding hydrogens is 393 g/mol. The van der Waals surface area contributed by atoms with Crippen molar-refractivity contribution in [3.05, 3.63) is 76.7 Å². The van der Waals surface area contributed by atoms with Crippen LogP contribution in [0.4, 0.5) is 21.6 Å². The third-order valence-corrected chi connectivity index (χ3v) is 4.73. The van der Waals surface area contributed by atoms with E-state index in [-0.39, 0.29) is 11.0 Å². The molecule has 3 aromatic rings. The van der Waals surface area contributed by atoms with E-state index in [1.165, 1.54) is 11.0 Å². The zero-order chi connectivity index (χ0) is 20.8. The molecule has 29 heavy (non-hydrogen) atoms. The van der Waals surface area contributed by atoms with Gasteiger partial charge in [0.25, 0.3) is 0 Å². The molecule has 0 saturated carbocycles. The number of methoxy groups -OCH3 is 1. The van der Waals surface area contributed by atoms with Crippen molar-refractivity contribution < 1.29 is 13.9 Å². The molecule has 1 heterocycles. The van der Waals surface area contributed by atoms with Crippen LogP contribution in [0.2, 0.25) is 5.15 Å². The van der Waals surface area contributed by atoms with E-state index in [0.29, 0.717) is 42.1 Å². The minimum atomic E-state index is -0.355. The lowest BCUT2D eigenvalue weighted by Crippen LogP contribution is -2.17. The summed E-state index contributed by atoms with van der Waals surface area (Å²) >= 11 is 6.06. The van der Waals surface area contributed by atoms with Crippen LogP contribution in [0.1, 0.15) is 18.1 Å². The van der Waals surface area contributed by atoms with Gasteiger partial charge in [-0.3, -0.25) is 9.69 Å². The summed E-state index contributed by atoms with van der Waals surface area (Å²) in [5, 5.41) is 3.48. The number of aromatic nitrogens is 1. The molecule has 0 aliphatic carbocycles. The molecule has 7 heteroatoms. The number of nitrogens with one attached hydrogen (secondary N) is 1. The van der Waals surface area contributed by atoms with Crippen LogP contribution in [0, 0.1) is 5.82 Å². The second kappa shape index (κ2) is 9.39. The number of aryl methyl sites for hydroxylation is 1. The van der Waals surface area contributed by atoms with Crippen molar-refractivity contribution in [2.45, 2.75) is 19.9 Å². The summed E-state index contributed by atoms with van der Waals surface area (Å²) in [7, 11) is 1.61. The summed E-state index contributed by atoms with van der Waals surface area (Å²) in [6.07, 6.45) is 1.20. The Morgan fingerprint density at radius 2 is 1.93 bits per heavy atom. The summed E-state index contributed by atoms with van der Waals surface area (Å²) in [6, 6.07) is 15.5. The van der Waals surface area contributed by atoms with Crippen molar-refractivity contribution >= 4 is 35.2 Å². The molecule has 1 N–H and O–H groups in total. The van der Waals surface area contributed by atoms with Crippen molar-refractivity contribution in [2.75, 3.05) is 17.3 Å². The van der Waals surface area contributed by atoms with Gasteiger partial charge in [0.05, 0.1) is 18.5 Å². The number of anilines is 3. The molecule has 5 nitrogen and oxygen atoms in total. The lowest BCUT2D eigenvalue weighted by Gasteiger charge is -2.21. The normalized spacial score (nSPS) is 10.5. The minimum Gasteiger partial charge on any atom is -0.497 e. The van der Waals surface area contributed by atoms with Crippen LogP contribution in [0.25, 0.3) is 0 Å². The highest BCUT2D eigenvalue weighted by atomic mass is 35.5. The number of amides is 1. The predicted molar refractivity (Wildman–Crippen MR) is 114 cm³/mol. The van der Waals surface area contributed by atoms with E-state index in [2.05, 4.69) is 10.3 Å². The summed E-state index contributed by atoms with van der Waals surface area (Å²) in [4.78, 5) is 17.5. The maximum atomic E-state index is 14.3. The van der Waals surface area contributed by atoms with Gasteiger partial charge in [-0.1, -0.05) is 36.7 Å². The first-order chi connectivity index (χ1) is 14.0. The number of nitrogens with zero attached hydrogens (tertiary/aromatic N) is 2. The highest BCUT2D eigenvalue weighted by molar-refractivity contribution is 6.29. The number of benzene rings is 2. The van der Waals surface area contributed by atoms with Crippen LogP contribution in [0.3, 0.4) is 0 Å². The molecule has 0 bridgehead atoms. The summed E-state index contributed by atoms with van der Waals surface area (Å²) in [5.74, 6) is 0.826.